The molecule has 0 bridgehead atoms. The topological polar surface area (TPSA) is 87.6 Å². The van der Waals surface area contributed by atoms with E-state index < -0.39 is 23.4 Å². The van der Waals surface area contributed by atoms with Crippen LogP contribution in [0.3, 0.4) is 0 Å². The third-order valence-electron chi connectivity index (χ3n) is 4.93. The molecule has 1 fully saturated rings. The van der Waals surface area contributed by atoms with E-state index in [1.54, 1.807) is 23.1 Å². The summed E-state index contributed by atoms with van der Waals surface area (Å²) in [5, 5.41) is 12.8. The fourth-order valence-electron chi connectivity index (χ4n) is 3.47. The molecule has 0 unspecified atom stereocenters. The van der Waals surface area contributed by atoms with E-state index in [9.17, 15) is 18.0 Å². The zero-order valence-electron chi connectivity index (χ0n) is 16.7. The van der Waals surface area contributed by atoms with E-state index in [1.807, 2.05) is 6.92 Å². The van der Waals surface area contributed by atoms with Crippen LogP contribution in [0.15, 0.2) is 24.4 Å². The van der Waals surface area contributed by atoms with E-state index in [2.05, 4.69) is 15.3 Å². The number of carbonyl (C=O) groups is 1. The van der Waals surface area contributed by atoms with E-state index in [1.165, 1.54) is 0 Å². The van der Waals surface area contributed by atoms with Crippen molar-refractivity contribution in [2.45, 2.75) is 38.5 Å². The second kappa shape index (κ2) is 9.69. The molecule has 0 atom stereocenters. The molecule has 1 aromatic carbocycles. The second-order valence-corrected chi connectivity index (χ2v) is 7.45. The summed E-state index contributed by atoms with van der Waals surface area (Å²) in [5.74, 6) is -1.42. The van der Waals surface area contributed by atoms with Gasteiger partial charge in [0.2, 0.25) is 5.95 Å². The van der Waals surface area contributed by atoms with Gasteiger partial charge in [0.05, 0.1) is 11.6 Å². The summed E-state index contributed by atoms with van der Waals surface area (Å²) in [6.45, 7) is 3.85. The third kappa shape index (κ3) is 5.56. The van der Waals surface area contributed by atoms with Crippen molar-refractivity contribution in [3.05, 3.63) is 46.2 Å². The number of rotatable bonds is 7. The maximum absolute atomic E-state index is 13.5. The maximum Gasteiger partial charge on any atom is 0.434 e. The Morgan fingerprint density at radius 1 is 1.35 bits per heavy atom. The number of aromatic carboxylic acids is 1. The Morgan fingerprint density at radius 3 is 2.68 bits per heavy atom. The molecular formula is C20H22ClF3N4O3. The van der Waals surface area contributed by atoms with Crippen LogP contribution in [0.2, 0.25) is 5.02 Å². The van der Waals surface area contributed by atoms with Crippen LogP contribution in [0.5, 0.6) is 5.75 Å². The van der Waals surface area contributed by atoms with Gasteiger partial charge in [0.1, 0.15) is 11.3 Å². The number of nitrogens with zero attached hydrogens (tertiary/aromatic N) is 3. The Balaban J connectivity index is 2.02. The Morgan fingerprint density at radius 2 is 2.06 bits per heavy atom. The lowest BCUT2D eigenvalue weighted by Gasteiger charge is -2.35. The smallest absolute Gasteiger partial charge is 0.434 e. The Bertz CT molecular complexity index is 936. The first kappa shape index (κ1) is 23.1. The predicted octanol–water partition coefficient (Wildman–Crippen LogP) is 4.00. The van der Waals surface area contributed by atoms with Crippen LogP contribution in [0.1, 0.15) is 41.4 Å². The number of hydrogen-bond acceptors (Lipinski definition) is 6. The molecule has 3 rings (SSSR count). The van der Waals surface area contributed by atoms with E-state index in [0.29, 0.717) is 43.3 Å². The molecule has 0 radical (unpaired) electrons. The lowest BCUT2D eigenvalue weighted by atomic mass is 10.0. The monoisotopic (exact) mass is 458 g/mol. The van der Waals surface area contributed by atoms with Crippen LogP contribution in [0, 0.1) is 0 Å². The molecule has 7 nitrogen and oxygen atoms in total. The highest BCUT2D eigenvalue weighted by Crippen LogP contribution is 2.33. The molecule has 1 aliphatic heterocycles. The van der Waals surface area contributed by atoms with Crippen molar-refractivity contribution < 1.29 is 27.8 Å². The highest BCUT2D eigenvalue weighted by molar-refractivity contribution is 6.32. The van der Waals surface area contributed by atoms with Crippen LogP contribution < -0.4 is 15.0 Å². The average molecular weight is 459 g/mol. The van der Waals surface area contributed by atoms with Crippen molar-refractivity contribution >= 4 is 23.5 Å². The Labute approximate surface area is 182 Å². The first-order chi connectivity index (χ1) is 14.7. The number of piperidine rings is 1. The molecule has 0 spiro atoms. The maximum atomic E-state index is 13.5. The average Bonchev–Trinajstić information content (AvgIpc) is 2.74. The summed E-state index contributed by atoms with van der Waals surface area (Å²) in [4.78, 5) is 20.5. The number of aromatic nitrogens is 2. The SMILES string of the molecule is CCOc1cc(CN(c2ncc(C(=O)O)c(C(F)(F)F)n2)C2CCNCC2)ccc1Cl. The van der Waals surface area contributed by atoms with Crippen molar-refractivity contribution in [3.63, 3.8) is 0 Å². The van der Waals surface area contributed by atoms with Crippen molar-refractivity contribution in [1.82, 2.24) is 15.3 Å². The van der Waals surface area contributed by atoms with Gasteiger partial charge >= 0.3 is 12.1 Å². The number of anilines is 1. The van der Waals surface area contributed by atoms with Crippen LogP contribution in [0.25, 0.3) is 0 Å². The van der Waals surface area contributed by atoms with E-state index >= 15 is 0 Å². The van der Waals surface area contributed by atoms with E-state index in [0.717, 1.165) is 11.8 Å². The lowest BCUT2D eigenvalue weighted by Crippen LogP contribution is -2.44. The molecular weight excluding hydrogens is 437 g/mol. The molecule has 0 amide bonds. The van der Waals surface area contributed by atoms with Gasteiger partial charge in [-0.05, 0) is 50.6 Å². The normalized spacial score (nSPS) is 15.0. The van der Waals surface area contributed by atoms with Gasteiger partial charge in [-0.1, -0.05) is 17.7 Å². The minimum Gasteiger partial charge on any atom is -0.492 e. The summed E-state index contributed by atoms with van der Waals surface area (Å²) in [7, 11) is 0. The molecule has 2 N–H and O–H groups in total. The zero-order chi connectivity index (χ0) is 22.6. The molecule has 2 heterocycles. The standard InChI is InChI=1S/C20H22ClF3N4O3/c1-2-31-16-9-12(3-4-15(16)21)11-28(13-5-7-25-8-6-13)19-26-10-14(18(29)30)17(27-19)20(22,23)24/h3-4,9-10,13,25H,2,5-8,11H2,1H3,(H,29,30). The van der Waals surface area contributed by atoms with Gasteiger partial charge in [0.25, 0.3) is 0 Å². The summed E-state index contributed by atoms with van der Waals surface area (Å²) >= 11 is 6.14. The number of nitrogens with one attached hydrogen (secondary N) is 1. The largest absolute Gasteiger partial charge is 0.492 e. The molecule has 0 aliphatic carbocycles. The van der Waals surface area contributed by atoms with Gasteiger partial charge in [-0.2, -0.15) is 13.2 Å². The third-order valence-corrected chi connectivity index (χ3v) is 5.24. The number of carboxylic acid groups (broad SMARTS) is 1. The van der Waals surface area contributed by atoms with Crippen molar-refractivity contribution in [2.24, 2.45) is 0 Å². The Kier molecular flexibility index (Phi) is 7.22. The van der Waals surface area contributed by atoms with Crippen LogP contribution in [-0.4, -0.2) is 46.8 Å². The molecule has 1 aliphatic rings. The minimum absolute atomic E-state index is 0.121. The summed E-state index contributed by atoms with van der Waals surface area (Å²) in [5.41, 5.74) is -1.69. The van der Waals surface area contributed by atoms with Crippen molar-refractivity contribution in [3.8, 4) is 5.75 Å². The van der Waals surface area contributed by atoms with Crippen LogP contribution in [-0.2, 0) is 12.7 Å². The minimum atomic E-state index is -4.92. The number of alkyl halides is 3. The summed E-state index contributed by atoms with van der Waals surface area (Å²) < 4.78 is 46.0. The van der Waals surface area contributed by atoms with Crippen molar-refractivity contribution in [2.75, 3.05) is 24.6 Å². The summed E-state index contributed by atoms with van der Waals surface area (Å²) in [6, 6.07) is 5.04. The van der Waals surface area contributed by atoms with Crippen molar-refractivity contribution in [1.29, 1.82) is 0 Å². The molecule has 168 valence electrons. The molecule has 1 saturated heterocycles. The first-order valence-corrected chi connectivity index (χ1v) is 10.1. The zero-order valence-corrected chi connectivity index (χ0v) is 17.5. The lowest BCUT2D eigenvalue weighted by molar-refractivity contribution is -0.141. The van der Waals surface area contributed by atoms with Crippen LogP contribution in [0.4, 0.5) is 19.1 Å². The first-order valence-electron chi connectivity index (χ1n) is 9.76. The van der Waals surface area contributed by atoms with Gasteiger partial charge in [-0.3, -0.25) is 0 Å². The molecule has 31 heavy (non-hydrogen) atoms. The van der Waals surface area contributed by atoms with Gasteiger partial charge < -0.3 is 20.1 Å². The molecule has 2 aromatic rings. The number of benzene rings is 1. The Hall–Kier alpha value is -2.59. The fourth-order valence-corrected chi connectivity index (χ4v) is 3.65. The molecule has 1 aromatic heterocycles. The summed E-state index contributed by atoms with van der Waals surface area (Å²) in [6.07, 6.45) is -2.85. The second-order valence-electron chi connectivity index (χ2n) is 7.04. The van der Waals surface area contributed by atoms with Crippen LogP contribution >= 0.6 is 11.6 Å². The quantitative estimate of drug-likeness (QED) is 0.648. The number of ether oxygens (including phenoxy) is 1. The number of halogens is 4. The molecule has 11 heteroatoms. The van der Waals surface area contributed by atoms with Gasteiger partial charge in [0, 0.05) is 18.8 Å². The van der Waals surface area contributed by atoms with E-state index in [4.69, 9.17) is 21.4 Å². The number of carboxylic acids is 1. The highest BCUT2D eigenvalue weighted by Gasteiger charge is 2.39. The van der Waals surface area contributed by atoms with E-state index in [-0.39, 0.29) is 18.5 Å². The fraction of sp³-hybridized carbons (Fsp3) is 0.450. The van der Waals surface area contributed by atoms with Gasteiger partial charge in [0.15, 0.2) is 5.69 Å². The van der Waals surface area contributed by atoms with Gasteiger partial charge in [-0.25, -0.2) is 14.8 Å². The number of hydrogen-bond donors (Lipinski definition) is 2. The molecule has 0 saturated carbocycles. The van der Waals surface area contributed by atoms with Gasteiger partial charge in [-0.15, -0.1) is 0 Å². The predicted molar refractivity (Wildman–Crippen MR) is 109 cm³/mol. The highest BCUT2D eigenvalue weighted by atomic mass is 35.5.